The van der Waals surface area contributed by atoms with E-state index < -0.39 is 11.9 Å². The van der Waals surface area contributed by atoms with Gasteiger partial charge >= 0.3 is 11.9 Å². The molecule has 0 saturated heterocycles. The number of aliphatic hydroxyl groups excluding tert-OH is 1. The summed E-state index contributed by atoms with van der Waals surface area (Å²) < 4.78 is 4.96. The first kappa shape index (κ1) is 16.4. The predicted octanol–water partition coefficient (Wildman–Crippen LogP) is 1.67. The monoisotopic (exact) mass is 256 g/mol. The molecule has 18 heavy (non-hydrogen) atoms. The molecule has 0 heterocycles. The topological polar surface area (TPSA) is 83.8 Å². The van der Waals surface area contributed by atoms with E-state index in [1.54, 1.807) is 13.0 Å². The zero-order chi connectivity index (χ0) is 14.0. The molecule has 0 aliphatic carbocycles. The van der Waals surface area contributed by atoms with E-state index in [1.165, 1.54) is 0 Å². The Morgan fingerprint density at radius 2 is 2.00 bits per heavy atom. The highest BCUT2D eigenvalue weighted by atomic mass is 16.5. The molecule has 102 valence electrons. The lowest BCUT2D eigenvalue weighted by atomic mass is 10.2. The molecule has 0 atom stereocenters. The average Bonchev–Trinajstić information content (AvgIpc) is 2.33. The lowest BCUT2D eigenvalue weighted by Gasteiger charge is -2.05. The molecule has 0 aliphatic heterocycles. The molecule has 0 amide bonds. The van der Waals surface area contributed by atoms with Crippen molar-refractivity contribution in [1.82, 2.24) is 0 Å². The number of aliphatic carboxylic acids is 1. The van der Waals surface area contributed by atoms with Crippen LogP contribution in [0.1, 0.15) is 32.6 Å². The third-order valence-corrected chi connectivity index (χ3v) is 2.29. The van der Waals surface area contributed by atoms with Gasteiger partial charge in [0.05, 0.1) is 6.61 Å². The Morgan fingerprint density at radius 3 is 2.56 bits per heavy atom. The van der Waals surface area contributed by atoms with Gasteiger partial charge in [0.1, 0.15) is 0 Å². The number of hydrogen-bond acceptors (Lipinski definition) is 4. The summed E-state index contributed by atoms with van der Waals surface area (Å²) in [6.07, 6.45) is 3.71. The van der Waals surface area contributed by atoms with Crippen molar-refractivity contribution in [3.8, 4) is 0 Å². The van der Waals surface area contributed by atoms with Crippen LogP contribution in [-0.2, 0) is 14.3 Å². The molecular formula is C13H20O5. The zero-order valence-electron chi connectivity index (χ0n) is 10.6. The number of ether oxygens (including phenoxy) is 1. The second-order valence-electron chi connectivity index (χ2n) is 3.90. The Labute approximate surface area is 107 Å². The van der Waals surface area contributed by atoms with Crippen molar-refractivity contribution in [1.29, 1.82) is 0 Å². The zero-order valence-corrected chi connectivity index (χ0v) is 10.6. The van der Waals surface area contributed by atoms with Crippen LogP contribution < -0.4 is 0 Å². The third kappa shape index (κ3) is 7.62. The second kappa shape index (κ2) is 9.41. The third-order valence-electron chi connectivity index (χ3n) is 2.29. The van der Waals surface area contributed by atoms with Gasteiger partial charge < -0.3 is 14.9 Å². The lowest BCUT2D eigenvalue weighted by molar-refractivity contribution is -0.139. The van der Waals surface area contributed by atoms with Crippen molar-refractivity contribution < 1.29 is 24.5 Å². The number of aliphatic hydroxyl groups is 1. The number of hydrogen-bond donors (Lipinski definition) is 2. The number of rotatable bonds is 9. The van der Waals surface area contributed by atoms with E-state index in [0.29, 0.717) is 31.3 Å². The Bertz CT molecular complexity index is 330. The molecule has 0 fully saturated rings. The Morgan fingerprint density at radius 1 is 1.33 bits per heavy atom. The van der Waals surface area contributed by atoms with Crippen LogP contribution in [0.4, 0.5) is 0 Å². The van der Waals surface area contributed by atoms with Gasteiger partial charge in [0.2, 0.25) is 0 Å². The van der Waals surface area contributed by atoms with Gasteiger partial charge in [-0.05, 0) is 32.6 Å². The molecule has 0 rings (SSSR count). The smallest absolute Gasteiger partial charge is 0.333 e. The van der Waals surface area contributed by atoms with Crippen LogP contribution in [0.25, 0.3) is 0 Å². The first-order valence-corrected chi connectivity index (χ1v) is 5.84. The summed E-state index contributed by atoms with van der Waals surface area (Å²) in [5.74, 6) is -1.43. The van der Waals surface area contributed by atoms with Crippen molar-refractivity contribution in [3.05, 3.63) is 23.8 Å². The highest BCUT2D eigenvalue weighted by Gasteiger charge is 2.07. The standard InChI is InChI=1S/C13H20O5/c1-10(12(15)16)7-5-9-18-13(17)11(2)6-3-4-8-14/h6,14H,1,3-5,7-9H2,2H3,(H,15,16). The van der Waals surface area contributed by atoms with Gasteiger partial charge in [-0.25, -0.2) is 9.59 Å². The minimum atomic E-state index is -1.03. The van der Waals surface area contributed by atoms with Gasteiger partial charge in [-0.2, -0.15) is 0 Å². The molecule has 0 aromatic carbocycles. The maximum Gasteiger partial charge on any atom is 0.333 e. The van der Waals surface area contributed by atoms with Crippen molar-refractivity contribution in [2.45, 2.75) is 32.6 Å². The summed E-state index contributed by atoms with van der Waals surface area (Å²) in [4.78, 5) is 21.9. The van der Waals surface area contributed by atoms with Crippen molar-refractivity contribution in [2.75, 3.05) is 13.2 Å². The number of carbonyl (C=O) groups excluding carboxylic acids is 1. The van der Waals surface area contributed by atoms with Crippen LogP contribution in [0.15, 0.2) is 23.8 Å². The lowest BCUT2D eigenvalue weighted by Crippen LogP contribution is -2.08. The number of esters is 1. The first-order valence-electron chi connectivity index (χ1n) is 5.84. The molecule has 0 saturated carbocycles. The van der Waals surface area contributed by atoms with E-state index in [9.17, 15) is 9.59 Å². The van der Waals surface area contributed by atoms with E-state index in [1.807, 2.05) is 0 Å². The fraction of sp³-hybridized carbons (Fsp3) is 0.538. The van der Waals surface area contributed by atoms with E-state index in [-0.39, 0.29) is 18.8 Å². The molecule has 0 spiro atoms. The van der Waals surface area contributed by atoms with Gasteiger partial charge in [-0.3, -0.25) is 0 Å². The molecule has 2 N–H and O–H groups in total. The molecule has 0 aromatic rings. The maximum atomic E-state index is 11.4. The highest BCUT2D eigenvalue weighted by molar-refractivity contribution is 5.87. The van der Waals surface area contributed by atoms with Crippen molar-refractivity contribution in [2.24, 2.45) is 0 Å². The minimum Gasteiger partial charge on any atom is -0.478 e. The molecular weight excluding hydrogens is 236 g/mol. The molecule has 0 bridgehead atoms. The summed E-state index contributed by atoms with van der Waals surface area (Å²) in [6.45, 7) is 5.30. The largest absolute Gasteiger partial charge is 0.478 e. The molecule has 5 heteroatoms. The Hall–Kier alpha value is -1.62. The van der Waals surface area contributed by atoms with Crippen LogP contribution in [0.2, 0.25) is 0 Å². The molecule has 0 aromatic heterocycles. The summed E-state index contributed by atoms with van der Waals surface area (Å²) >= 11 is 0. The summed E-state index contributed by atoms with van der Waals surface area (Å²) in [6, 6.07) is 0. The number of unbranched alkanes of at least 4 members (excludes halogenated alkanes) is 1. The quantitative estimate of drug-likeness (QED) is 0.372. The molecule has 5 nitrogen and oxygen atoms in total. The van der Waals surface area contributed by atoms with Crippen LogP contribution >= 0.6 is 0 Å². The van der Waals surface area contributed by atoms with E-state index in [0.717, 1.165) is 0 Å². The number of allylic oxidation sites excluding steroid dienone is 1. The minimum absolute atomic E-state index is 0.0934. The Balaban J connectivity index is 3.79. The second-order valence-corrected chi connectivity index (χ2v) is 3.90. The summed E-state index contributed by atoms with van der Waals surface area (Å²) in [7, 11) is 0. The molecule has 0 radical (unpaired) electrons. The summed E-state index contributed by atoms with van der Waals surface area (Å²) in [5.41, 5.74) is 0.613. The molecule has 0 unspecified atom stereocenters. The van der Waals surface area contributed by atoms with Gasteiger partial charge in [0, 0.05) is 17.8 Å². The average molecular weight is 256 g/mol. The van der Waals surface area contributed by atoms with Gasteiger partial charge in [0.15, 0.2) is 0 Å². The molecule has 0 aliphatic rings. The van der Waals surface area contributed by atoms with Crippen molar-refractivity contribution in [3.63, 3.8) is 0 Å². The van der Waals surface area contributed by atoms with Gasteiger partial charge in [-0.1, -0.05) is 12.7 Å². The van der Waals surface area contributed by atoms with Crippen molar-refractivity contribution >= 4 is 11.9 Å². The number of carboxylic acid groups (broad SMARTS) is 1. The fourth-order valence-corrected chi connectivity index (χ4v) is 1.16. The SMILES string of the molecule is C=C(CCCOC(=O)C(C)=CCCCO)C(=O)O. The van der Waals surface area contributed by atoms with E-state index in [4.69, 9.17) is 14.9 Å². The highest BCUT2D eigenvalue weighted by Crippen LogP contribution is 2.05. The number of carbonyl (C=O) groups is 2. The van der Waals surface area contributed by atoms with Crippen LogP contribution in [0.5, 0.6) is 0 Å². The van der Waals surface area contributed by atoms with Crippen LogP contribution in [-0.4, -0.2) is 35.4 Å². The predicted molar refractivity (Wildman–Crippen MR) is 67.0 cm³/mol. The fourth-order valence-electron chi connectivity index (χ4n) is 1.16. The van der Waals surface area contributed by atoms with Gasteiger partial charge in [0.25, 0.3) is 0 Å². The normalized spacial score (nSPS) is 11.1. The van der Waals surface area contributed by atoms with Crippen LogP contribution in [0, 0.1) is 0 Å². The first-order chi connectivity index (χ1) is 8.49. The summed E-state index contributed by atoms with van der Waals surface area (Å²) in [5, 5.41) is 17.1. The van der Waals surface area contributed by atoms with Gasteiger partial charge in [-0.15, -0.1) is 0 Å². The van der Waals surface area contributed by atoms with E-state index in [2.05, 4.69) is 6.58 Å². The van der Waals surface area contributed by atoms with Crippen LogP contribution in [0.3, 0.4) is 0 Å². The number of carboxylic acids is 1. The maximum absolute atomic E-state index is 11.4. The Kier molecular flexibility index (Phi) is 8.57. The van der Waals surface area contributed by atoms with E-state index >= 15 is 0 Å².